The second-order valence-electron chi connectivity index (χ2n) is 6.93. The molecule has 1 aliphatic rings. The van der Waals surface area contributed by atoms with Crippen LogP contribution in [0.1, 0.15) is 13.8 Å². The summed E-state index contributed by atoms with van der Waals surface area (Å²) in [4.78, 5) is 15.9. The molecular weight excluding hydrogens is 394 g/mol. The Morgan fingerprint density at radius 2 is 1.86 bits per heavy atom. The average molecular weight is 420 g/mol. The molecule has 1 N–H and O–H groups in total. The number of nitrogens with one attached hydrogen (secondary N) is 1. The summed E-state index contributed by atoms with van der Waals surface area (Å²) in [5, 5.41) is 2.85. The Morgan fingerprint density at radius 1 is 1.18 bits per heavy atom. The summed E-state index contributed by atoms with van der Waals surface area (Å²) in [5.41, 5.74) is 1.66. The van der Waals surface area contributed by atoms with Crippen LogP contribution in [0.5, 0.6) is 0 Å². The van der Waals surface area contributed by atoms with E-state index in [4.69, 9.17) is 0 Å². The molecule has 0 unspecified atom stereocenters. The zero-order valence-electron chi connectivity index (χ0n) is 16.3. The maximum absolute atomic E-state index is 12.5. The Labute approximate surface area is 171 Å². The lowest BCUT2D eigenvalue weighted by atomic mass is 10.2. The number of hydrogen-bond donors (Lipinski definition) is 1. The van der Waals surface area contributed by atoms with Gasteiger partial charge in [0.2, 0.25) is 15.9 Å². The maximum Gasteiger partial charge on any atom is 0.243 e. The standard InChI is InChI=1S/C20H25N3O3S2/c1-15(2)22(3)28(25,26)17-10-8-16(9-11-17)21-20(24)14-23-12-13-27-19-7-5-4-6-18(19)23/h4-11,15H,12-14H2,1-3H3,(H,21,24). The van der Waals surface area contributed by atoms with Gasteiger partial charge in [-0.05, 0) is 50.2 Å². The van der Waals surface area contributed by atoms with Crippen molar-refractivity contribution in [2.75, 3.05) is 36.1 Å². The number of hydrogen-bond acceptors (Lipinski definition) is 5. The second-order valence-corrected chi connectivity index (χ2v) is 10.1. The molecule has 1 amide bonds. The van der Waals surface area contributed by atoms with Crippen molar-refractivity contribution in [3.05, 3.63) is 48.5 Å². The van der Waals surface area contributed by atoms with Crippen molar-refractivity contribution in [1.82, 2.24) is 4.31 Å². The molecule has 2 aromatic carbocycles. The van der Waals surface area contributed by atoms with E-state index in [0.717, 1.165) is 18.0 Å². The van der Waals surface area contributed by atoms with Crippen LogP contribution in [0.25, 0.3) is 0 Å². The minimum atomic E-state index is -3.53. The van der Waals surface area contributed by atoms with Crippen LogP contribution in [0.15, 0.2) is 58.3 Å². The molecule has 150 valence electrons. The molecule has 6 nitrogen and oxygen atoms in total. The van der Waals surface area contributed by atoms with E-state index in [1.807, 2.05) is 32.0 Å². The van der Waals surface area contributed by atoms with E-state index in [1.165, 1.54) is 21.3 Å². The highest BCUT2D eigenvalue weighted by molar-refractivity contribution is 7.99. The molecular formula is C20H25N3O3S2. The van der Waals surface area contributed by atoms with E-state index in [0.29, 0.717) is 5.69 Å². The summed E-state index contributed by atoms with van der Waals surface area (Å²) < 4.78 is 26.4. The van der Waals surface area contributed by atoms with Gasteiger partial charge in [0.1, 0.15) is 0 Å². The molecule has 0 atom stereocenters. The summed E-state index contributed by atoms with van der Waals surface area (Å²) in [6, 6.07) is 14.2. The van der Waals surface area contributed by atoms with Crippen molar-refractivity contribution in [3.63, 3.8) is 0 Å². The molecule has 3 rings (SSSR count). The Balaban J connectivity index is 1.66. The number of benzene rings is 2. The van der Waals surface area contributed by atoms with Gasteiger partial charge in [-0.15, -0.1) is 11.8 Å². The summed E-state index contributed by atoms with van der Waals surface area (Å²) in [7, 11) is -1.97. The molecule has 1 aliphatic heterocycles. The van der Waals surface area contributed by atoms with Gasteiger partial charge in [0.05, 0.1) is 17.1 Å². The van der Waals surface area contributed by atoms with Gasteiger partial charge in [0, 0.05) is 36.0 Å². The van der Waals surface area contributed by atoms with Crippen molar-refractivity contribution in [3.8, 4) is 0 Å². The van der Waals surface area contributed by atoms with Gasteiger partial charge < -0.3 is 10.2 Å². The lowest BCUT2D eigenvalue weighted by Crippen LogP contribution is -2.36. The number of fused-ring (bicyclic) bond motifs is 1. The number of carbonyl (C=O) groups excluding carboxylic acids is 1. The van der Waals surface area contributed by atoms with E-state index in [9.17, 15) is 13.2 Å². The van der Waals surface area contributed by atoms with Crippen LogP contribution in [-0.2, 0) is 14.8 Å². The summed E-state index contributed by atoms with van der Waals surface area (Å²) in [5.74, 6) is 0.817. The summed E-state index contributed by atoms with van der Waals surface area (Å²) in [6.07, 6.45) is 0. The van der Waals surface area contributed by atoms with Crippen LogP contribution >= 0.6 is 11.8 Å². The fourth-order valence-corrected chi connectivity index (χ4v) is 5.34. The third kappa shape index (κ3) is 4.51. The number of nitrogens with zero attached hydrogens (tertiary/aromatic N) is 2. The number of carbonyl (C=O) groups is 1. The molecule has 2 aromatic rings. The van der Waals surface area contributed by atoms with E-state index in [1.54, 1.807) is 30.9 Å². The fraction of sp³-hybridized carbons (Fsp3) is 0.350. The third-order valence-corrected chi connectivity index (χ3v) is 7.79. The van der Waals surface area contributed by atoms with Crippen LogP contribution in [-0.4, -0.2) is 50.6 Å². The van der Waals surface area contributed by atoms with Gasteiger partial charge in [0.25, 0.3) is 0 Å². The first-order chi connectivity index (χ1) is 13.3. The Morgan fingerprint density at radius 3 is 2.54 bits per heavy atom. The zero-order valence-corrected chi connectivity index (χ0v) is 17.9. The second kappa shape index (κ2) is 8.55. The van der Waals surface area contributed by atoms with Crippen LogP contribution in [0.4, 0.5) is 11.4 Å². The highest BCUT2D eigenvalue weighted by Gasteiger charge is 2.23. The highest BCUT2D eigenvalue weighted by atomic mass is 32.2. The predicted octanol–water partition coefficient (Wildman–Crippen LogP) is 3.27. The van der Waals surface area contributed by atoms with Crippen LogP contribution in [0.3, 0.4) is 0 Å². The number of rotatable bonds is 6. The summed E-state index contributed by atoms with van der Waals surface area (Å²) >= 11 is 1.80. The predicted molar refractivity (Wildman–Crippen MR) is 115 cm³/mol. The molecule has 0 saturated carbocycles. The number of para-hydroxylation sites is 1. The fourth-order valence-electron chi connectivity index (χ4n) is 2.92. The molecule has 0 saturated heterocycles. The normalized spacial score (nSPS) is 14.2. The topological polar surface area (TPSA) is 69.7 Å². The number of thioether (sulfide) groups is 1. The minimum absolute atomic E-state index is 0.128. The maximum atomic E-state index is 12.5. The highest BCUT2D eigenvalue weighted by Crippen LogP contribution is 2.34. The van der Waals surface area contributed by atoms with Gasteiger partial charge >= 0.3 is 0 Å². The largest absolute Gasteiger partial charge is 0.360 e. The van der Waals surface area contributed by atoms with Gasteiger partial charge in [-0.3, -0.25) is 4.79 Å². The quantitative estimate of drug-likeness (QED) is 0.778. The van der Waals surface area contributed by atoms with Crippen molar-refractivity contribution in [2.45, 2.75) is 29.7 Å². The summed E-state index contributed by atoms with van der Waals surface area (Å²) in [6.45, 7) is 4.72. The number of sulfonamides is 1. The molecule has 0 radical (unpaired) electrons. The third-order valence-electron chi connectivity index (χ3n) is 4.70. The van der Waals surface area contributed by atoms with Crippen molar-refractivity contribution in [2.24, 2.45) is 0 Å². The minimum Gasteiger partial charge on any atom is -0.360 e. The van der Waals surface area contributed by atoms with E-state index >= 15 is 0 Å². The monoisotopic (exact) mass is 419 g/mol. The Hall–Kier alpha value is -2.03. The SMILES string of the molecule is CC(C)N(C)S(=O)(=O)c1ccc(NC(=O)CN2CCSc3ccccc32)cc1. The first-order valence-electron chi connectivity index (χ1n) is 9.14. The number of amides is 1. The molecule has 1 heterocycles. The van der Waals surface area contributed by atoms with E-state index < -0.39 is 10.0 Å². The zero-order chi connectivity index (χ0) is 20.3. The average Bonchev–Trinajstić information content (AvgIpc) is 2.68. The van der Waals surface area contributed by atoms with Gasteiger partial charge in [0.15, 0.2) is 0 Å². The Bertz CT molecular complexity index is 943. The van der Waals surface area contributed by atoms with Crippen molar-refractivity contribution >= 4 is 39.1 Å². The lowest BCUT2D eigenvalue weighted by Gasteiger charge is -2.30. The first kappa shape index (κ1) is 20.7. The molecule has 0 spiro atoms. The Kier molecular flexibility index (Phi) is 6.32. The first-order valence-corrected chi connectivity index (χ1v) is 11.6. The number of anilines is 2. The van der Waals surface area contributed by atoms with Crippen molar-refractivity contribution < 1.29 is 13.2 Å². The van der Waals surface area contributed by atoms with Crippen LogP contribution in [0.2, 0.25) is 0 Å². The molecule has 0 aromatic heterocycles. The molecule has 8 heteroatoms. The van der Waals surface area contributed by atoms with Gasteiger partial charge in [-0.25, -0.2) is 8.42 Å². The molecule has 0 aliphatic carbocycles. The van der Waals surface area contributed by atoms with Gasteiger partial charge in [-0.1, -0.05) is 12.1 Å². The molecule has 28 heavy (non-hydrogen) atoms. The van der Waals surface area contributed by atoms with E-state index in [-0.39, 0.29) is 23.4 Å². The molecule has 0 bridgehead atoms. The van der Waals surface area contributed by atoms with E-state index in [2.05, 4.69) is 16.3 Å². The lowest BCUT2D eigenvalue weighted by molar-refractivity contribution is -0.115. The van der Waals surface area contributed by atoms with Crippen molar-refractivity contribution in [1.29, 1.82) is 0 Å². The smallest absolute Gasteiger partial charge is 0.243 e. The molecule has 0 fully saturated rings. The van der Waals surface area contributed by atoms with Gasteiger partial charge in [-0.2, -0.15) is 4.31 Å². The van der Waals surface area contributed by atoms with Crippen LogP contribution in [0, 0.1) is 0 Å². The van der Waals surface area contributed by atoms with Crippen LogP contribution < -0.4 is 10.2 Å².